The van der Waals surface area contributed by atoms with Crippen molar-refractivity contribution in [1.29, 1.82) is 0 Å². The third kappa shape index (κ3) is 4.53. The molecule has 0 aliphatic carbocycles. The molecule has 8 heteroatoms. The highest BCUT2D eigenvalue weighted by atomic mass is 32.2. The van der Waals surface area contributed by atoms with E-state index in [1.807, 2.05) is 6.92 Å². The first-order valence-corrected chi connectivity index (χ1v) is 11.3. The number of nitrogens with zero attached hydrogens (tertiary/aromatic N) is 3. The summed E-state index contributed by atoms with van der Waals surface area (Å²) < 4.78 is 33.0. The van der Waals surface area contributed by atoms with Crippen LogP contribution in [0.2, 0.25) is 0 Å². The van der Waals surface area contributed by atoms with Crippen LogP contribution in [0.15, 0.2) is 33.7 Å². The van der Waals surface area contributed by atoms with E-state index in [0.29, 0.717) is 42.8 Å². The molecule has 2 heterocycles. The van der Waals surface area contributed by atoms with Crippen LogP contribution < -0.4 is 0 Å². The van der Waals surface area contributed by atoms with Crippen molar-refractivity contribution in [2.24, 2.45) is 11.8 Å². The fraction of sp³-hybridized carbons (Fsp3) is 0.524. The highest BCUT2D eigenvalue weighted by Gasteiger charge is 2.32. The van der Waals surface area contributed by atoms with Gasteiger partial charge in [0.1, 0.15) is 5.76 Å². The van der Waals surface area contributed by atoms with Crippen LogP contribution in [0.25, 0.3) is 0 Å². The molecule has 1 aromatic carbocycles. The van der Waals surface area contributed by atoms with Crippen molar-refractivity contribution < 1.29 is 17.7 Å². The Morgan fingerprint density at radius 1 is 1.24 bits per heavy atom. The van der Waals surface area contributed by atoms with Gasteiger partial charge in [0, 0.05) is 31.3 Å². The zero-order valence-corrected chi connectivity index (χ0v) is 18.5. The molecule has 1 aromatic heterocycles. The molecule has 1 fully saturated rings. The maximum atomic E-state index is 13.1. The Bertz CT molecular complexity index is 970. The van der Waals surface area contributed by atoms with Crippen LogP contribution in [-0.2, 0) is 16.6 Å². The predicted octanol–water partition coefficient (Wildman–Crippen LogP) is 3.23. The van der Waals surface area contributed by atoms with Crippen LogP contribution in [0.3, 0.4) is 0 Å². The van der Waals surface area contributed by atoms with Gasteiger partial charge in [0.2, 0.25) is 10.0 Å². The minimum atomic E-state index is -3.64. The summed E-state index contributed by atoms with van der Waals surface area (Å²) in [6, 6.07) is 6.31. The third-order valence-corrected chi connectivity index (χ3v) is 7.30. The van der Waals surface area contributed by atoms with E-state index in [1.54, 1.807) is 41.4 Å². The van der Waals surface area contributed by atoms with Gasteiger partial charge in [-0.15, -0.1) is 0 Å². The molecule has 7 nitrogen and oxygen atoms in total. The zero-order valence-electron chi connectivity index (χ0n) is 17.7. The van der Waals surface area contributed by atoms with Gasteiger partial charge in [-0.1, -0.05) is 25.1 Å². The number of rotatable bonds is 5. The summed E-state index contributed by atoms with van der Waals surface area (Å²) in [6.07, 6.45) is 1.02. The van der Waals surface area contributed by atoms with Crippen LogP contribution in [0.4, 0.5) is 0 Å². The first-order chi connectivity index (χ1) is 13.6. The Balaban J connectivity index is 1.82. The second kappa shape index (κ2) is 8.28. The van der Waals surface area contributed by atoms with E-state index in [-0.39, 0.29) is 10.8 Å². The fourth-order valence-electron chi connectivity index (χ4n) is 4.00. The maximum absolute atomic E-state index is 13.1. The van der Waals surface area contributed by atoms with Crippen LogP contribution in [0.5, 0.6) is 0 Å². The average Bonchev–Trinajstić information content (AvgIpc) is 2.98. The number of amides is 1. The minimum absolute atomic E-state index is 0.162. The molecule has 0 bridgehead atoms. The van der Waals surface area contributed by atoms with Crippen molar-refractivity contribution in [3.8, 4) is 0 Å². The summed E-state index contributed by atoms with van der Waals surface area (Å²) in [5.74, 6) is 1.06. The van der Waals surface area contributed by atoms with E-state index in [9.17, 15) is 13.2 Å². The number of sulfonamides is 1. The first-order valence-electron chi connectivity index (χ1n) is 9.87. The summed E-state index contributed by atoms with van der Waals surface area (Å²) >= 11 is 0. The Morgan fingerprint density at radius 2 is 1.90 bits per heavy atom. The highest BCUT2D eigenvalue weighted by molar-refractivity contribution is 7.89. The topological polar surface area (TPSA) is 83.7 Å². The van der Waals surface area contributed by atoms with E-state index < -0.39 is 10.0 Å². The number of carbonyl (C=O) groups is 1. The lowest BCUT2D eigenvalue weighted by molar-refractivity contribution is 0.0784. The quantitative estimate of drug-likeness (QED) is 0.743. The summed E-state index contributed by atoms with van der Waals surface area (Å²) in [5.41, 5.74) is 1.95. The maximum Gasteiger partial charge on any atom is 0.253 e. The molecule has 3 rings (SSSR count). The highest BCUT2D eigenvalue weighted by Crippen LogP contribution is 2.27. The fourth-order valence-corrected chi connectivity index (χ4v) is 5.72. The van der Waals surface area contributed by atoms with Crippen molar-refractivity contribution in [1.82, 2.24) is 14.4 Å². The van der Waals surface area contributed by atoms with E-state index in [1.165, 1.54) is 6.07 Å². The smallest absolute Gasteiger partial charge is 0.253 e. The number of piperidine rings is 1. The van der Waals surface area contributed by atoms with Gasteiger partial charge < -0.3 is 9.42 Å². The lowest BCUT2D eigenvalue weighted by Gasteiger charge is -2.34. The molecule has 1 saturated heterocycles. The molecule has 2 atom stereocenters. The number of carbonyl (C=O) groups excluding carboxylic acids is 1. The van der Waals surface area contributed by atoms with Crippen LogP contribution >= 0.6 is 0 Å². The van der Waals surface area contributed by atoms with Gasteiger partial charge in [-0.3, -0.25) is 4.79 Å². The van der Waals surface area contributed by atoms with Gasteiger partial charge in [-0.05, 0) is 50.3 Å². The molecule has 158 valence electrons. The van der Waals surface area contributed by atoms with Crippen molar-refractivity contribution in [3.05, 3.63) is 46.8 Å². The van der Waals surface area contributed by atoms with Crippen molar-refractivity contribution in [2.75, 3.05) is 20.1 Å². The average molecular weight is 420 g/mol. The molecule has 1 amide bonds. The second-order valence-corrected chi connectivity index (χ2v) is 10.2. The van der Waals surface area contributed by atoms with Gasteiger partial charge in [0.25, 0.3) is 5.91 Å². The van der Waals surface area contributed by atoms with E-state index in [0.717, 1.165) is 17.7 Å². The van der Waals surface area contributed by atoms with Gasteiger partial charge in [0.05, 0.1) is 17.1 Å². The normalized spacial score (nSPS) is 20.6. The zero-order chi connectivity index (χ0) is 21.3. The van der Waals surface area contributed by atoms with Crippen LogP contribution in [-0.4, -0.2) is 48.8 Å². The minimum Gasteiger partial charge on any atom is -0.361 e. The number of hydrogen-bond donors (Lipinski definition) is 0. The first kappa shape index (κ1) is 21.5. The lowest BCUT2D eigenvalue weighted by atomic mass is 9.94. The van der Waals surface area contributed by atoms with Gasteiger partial charge in [0.15, 0.2) is 0 Å². The van der Waals surface area contributed by atoms with Crippen LogP contribution in [0, 0.1) is 25.7 Å². The van der Waals surface area contributed by atoms with Gasteiger partial charge in [-0.2, -0.15) is 4.31 Å². The molecule has 0 N–H and O–H groups in total. The molecular formula is C21H29N3O4S. The van der Waals surface area contributed by atoms with Gasteiger partial charge >= 0.3 is 0 Å². The lowest BCUT2D eigenvalue weighted by Crippen LogP contribution is -2.42. The van der Waals surface area contributed by atoms with Crippen LogP contribution in [0.1, 0.15) is 47.6 Å². The largest absolute Gasteiger partial charge is 0.361 e. The van der Waals surface area contributed by atoms with Crippen molar-refractivity contribution in [3.63, 3.8) is 0 Å². The molecule has 1 aliphatic rings. The van der Waals surface area contributed by atoms with Crippen molar-refractivity contribution in [2.45, 2.75) is 45.6 Å². The summed E-state index contributed by atoms with van der Waals surface area (Å²) in [4.78, 5) is 14.6. The summed E-state index contributed by atoms with van der Waals surface area (Å²) in [6.45, 7) is 9.15. The second-order valence-electron chi connectivity index (χ2n) is 8.26. The Hall–Kier alpha value is -2.19. The summed E-state index contributed by atoms with van der Waals surface area (Å²) in [5, 5.41) is 3.91. The number of benzene rings is 1. The molecule has 0 spiro atoms. The van der Waals surface area contributed by atoms with Crippen molar-refractivity contribution >= 4 is 15.9 Å². The predicted molar refractivity (Wildman–Crippen MR) is 110 cm³/mol. The molecular weight excluding hydrogens is 390 g/mol. The molecule has 2 aromatic rings. The SMILES string of the molecule is Cc1noc(C)c1CN(C)C(=O)c1cccc(S(=O)(=O)N2CC(C)CC(C)C2)c1. The van der Waals surface area contributed by atoms with E-state index >= 15 is 0 Å². The molecule has 1 aliphatic heterocycles. The van der Waals surface area contributed by atoms with E-state index in [4.69, 9.17) is 4.52 Å². The Morgan fingerprint density at radius 3 is 2.48 bits per heavy atom. The molecule has 0 radical (unpaired) electrons. The third-order valence-electron chi connectivity index (χ3n) is 5.48. The number of hydrogen-bond acceptors (Lipinski definition) is 5. The summed E-state index contributed by atoms with van der Waals surface area (Å²) in [7, 11) is -1.95. The number of aryl methyl sites for hydroxylation is 2. The monoisotopic (exact) mass is 419 g/mol. The Labute approximate surface area is 172 Å². The number of aromatic nitrogens is 1. The Kier molecular flexibility index (Phi) is 6.14. The molecule has 29 heavy (non-hydrogen) atoms. The molecule has 2 unspecified atom stereocenters. The van der Waals surface area contributed by atoms with Gasteiger partial charge in [-0.25, -0.2) is 8.42 Å². The standard InChI is InChI=1S/C21H29N3O4S/c1-14-9-15(2)12-24(11-14)29(26,27)19-8-6-7-18(10-19)21(25)23(5)13-20-16(3)22-28-17(20)4/h6-8,10,14-15H,9,11-13H2,1-5H3. The molecule has 0 saturated carbocycles. The van der Waals surface area contributed by atoms with E-state index in [2.05, 4.69) is 19.0 Å².